The maximum Gasteiger partial charge on any atom is 0.253 e. The molecule has 134 valence electrons. The maximum atomic E-state index is 13.0. The van der Waals surface area contributed by atoms with Gasteiger partial charge in [-0.2, -0.15) is 0 Å². The van der Waals surface area contributed by atoms with Crippen LogP contribution in [0.15, 0.2) is 29.2 Å². The Hall–Kier alpha value is -1.49. The first-order chi connectivity index (χ1) is 12.2. The summed E-state index contributed by atoms with van der Waals surface area (Å²) < 4.78 is 0. The normalized spacial score (nSPS) is 26.5. The number of benzene rings is 1. The number of rotatable bonds is 4. The predicted octanol–water partition coefficient (Wildman–Crippen LogP) is 3.27. The second-order valence-electron chi connectivity index (χ2n) is 7.65. The monoisotopic (exact) mass is 358 g/mol. The van der Waals surface area contributed by atoms with Crippen LogP contribution in [0.1, 0.15) is 42.5 Å². The largest absolute Gasteiger partial charge is 0.337 e. The van der Waals surface area contributed by atoms with Gasteiger partial charge in [-0.3, -0.25) is 9.59 Å². The lowest BCUT2D eigenvalue weighted by atomic mass is 9.83. The molecule has 4 nitrogen and oxygen atoms in total. The van der Waals surface area contributed by atoms with E-state index in [2.05, 4.69) is 4.90 Å². The lowest BCUT2D eigenvalue weighted by Gasteiger charge is -2.40. The Balaban J connectivity index is 1.50. The van der Waals surface area contributed by atoms with Gasteiger partial charge in [-0.1, -0.05) is 6.42 Å². The molecule has 5 heteroatoms. The topological polar surface area (TPSA) is 40.6 Å². The Morgan fingerprint density at radius 3 is 2.52 bits per heavy atom. The number of piperidine rings is 1. The van der Waals surface area contributed by atoms with Crippen molar-refractivity contribution < 1.29 is 9.59 Å². The van der Waals surface area contributed by atoms with Gasteiger partial charge < -0.3 is 9.80 Å². The van der Waals surface area contributed by atoms with Gasteiger partial charge in [0.15, 0.2) is 0 Å². The predicted molar refractivity (Wildman–Crippen MR) is 99.7 cm³/mol. The molecule has 2 amide bonds. The Bertz CT molecular complexity index is 656. The SMILES string of the molecule is CSc1ccc(C(=O)N2C[C@@H]3CC[C@H](C2)N(CC2CCC2)C3=O)cc1. The first-order valence-electron chi connectivity index (χ1n) is 9.39. The summed E-state index contributed by atoms with van der Waals surface area (Å²) in [5, 5.41) is 0. The van der Waals surface area contributed by atoms with Crippen LogP contribution in [0.5, 0.6) is 0 Å². The second-order valence-corrected chi connectivity index (χ2v) is 8.53. The van der Waals surface area contributed by atoms with Crippen molar-refractivity contribution in [2.45, 2.75) is 43.0 Å². The van der Waals surface area contributed by atoms with Gasteiger partial charge in [0.25, 0.3) is 5.91 Å². The Morgan fingerprint density at radius 2 is 1.88 bits per heavy atom. The minimum absolute atomic E-state index is 0.00625. The van der Waals surface area contributed by atoms with Crippen LogP contribution in [-0.4, -0.2) is 53.5 Å². The fourth-order valence-electron chi connectivity index (χ4n) is 4.32. The van der Waals surface area contributed by atoms with Crippen molar-refractivity contribution in [1.29, 1.82) is 0 Å². The van der Waals surface area contributed by atoms with Gasteiger partial charge in [0, 0.05) is 36.1 Å². The number of carbonyl (C=O) groups is 2. The summed E-state index contributed by atoms with van der Waals surface area (Å²) in [5.74, 6) is 1.04. The molecule has 3 saturated heterocycles. The van der Waals surface area contributed by atoms with Gasteiger partial charge >= 0.3 is 0 Å². The molecule has 3 heterocycles. The maximum absolute atomic E-state index is 13.0. The lowest BCUT2D eigenvalue weighted by Crippen LogP contribution is -2.50. The molecule has 1 saturated carbocycles. The van der Waals surface area contributed by atoms with Crippen LogP contribution < -0.4 is 0 Å². The first kappa shape index (κ1) is 17.0. The number of carbonyl (C=O) groups excluding carboxylic acids is 2. The van der Waals surface area contributed by atoms with E-state index in [1.807, 2.05) is 35.4 Å². The van der Waals surface area contributed by atoms with Gasteiger partial charge in [0.05, 0.1) is 5.92 Å². The van der Waals surface area contributed by atoms with Gasteiger partial charge in [-0.15, -0.1) is 11.8 Å². The molecule has 2 atom stereocenters. The summed E-state index contributed by atoms with van der Waals surface area (Å²) in [7, 11) is 0. The van der Waals surface area contributed by atoms with Crippen LogP contribution in [0.4, 0.5) is 0 Å². The molecule has 0 spiro atoms. The zero-order valence-electron chi connectivity index (χ0n) is 14.8. The van der Waals surface area contributed by atoms with E-state index in [0.29, 0.717) is 19.0 Å². The highest BCUT2D eigenvalue weighted by molar-refractivity contribution is 7.98. The van der Waals surface area contributed by atoms with E-state index in [1.54, 1.807) is 11.8 Å². The summed E-state index contributed by atoms with van der Waals surface area (Å²) in [6.07, 6.45) is 7.82. The minimum atomic E-state index is -0.00625. The molecule has 0 aromatic heterocycles. The van der Waals surface area contributed by atoms with E-state index < -0.39 is 0 Å². The Kier molecular flexibility index (Phi) is 4.76. The molecule has 4 aliphatic rings. The number of amides is 2. The van der Waals surface area contributed by atoms with Crippen molar-refractivity contribution in [1.82, 2.24) is 9.80 Å². The molecule has 0 N–H and O–H groups in total. The number of thioether (sulfide) groups is 1. The molecule has 0 radical (unpaired) electrons. The second kappa shape index (κ2) is 7.02. The summed E-state index contributed by atoms with van der Waals surface area (Å²) in [5.41, 5.74) is 0.733. The van der Waals surface area contributed by atoms with E-state index in [-0.39, 0.29) is 23.8 Å². The summed E-state index contributed by atoms with van der Waals surface area (Å²) in [6, 6.07) is 8.03. The quantitative estimate of drug-likeness (QED) is 0.776. The van der Waals surface area contributed by atoms with E-state index in [0.717, 1.165) is 29.8 Å². The zero-order valence-corrected chi connectivity index (χ0v) is 15.6. The van der Waals surface area contributed by atoms with Crippen molar-refractivity contribution in [2.75, 3.05) is 25.9 Å². The van der Waals surface area contributed by atoms with Crippen LogP contribution in [-0.2, 0) is 4.79 Å². The van der Waals surface area contributed by atoms with Gasteiger partial charge in [-0.25, -0.2) is 0 Å². The molecule has 3 aliphatic heterocycles. The first-order valence-corrected chi connectivity index (χ1v) is 10.6. The Labute approximate surface area is 153 Å². The minimum Gasteiger partial charge on any atom is -0.337 e. The molecular formula is C20H26N2O2S. The van der Waals surface area contributed by atoms with E-state index in [1.165, 1.54) is 19.3 Å². The smallest absolute Gasteiger partial charge is 0.253 e. The average Bonchev–Trinajstić information content (AvgIpc) is 2.89. The fourth-order valence-corrected chi connectivity index (χ4v) is 4.72. The zero-order chi connectivity index (χ0) is 17.4. The third-order valence-electron chi connectivity index (χ3n) is 6.10. The molecular weight excluding hydrogens is 332 g/mol. The average molecular weight is 359 g/mol. The van der Waals surface area contributed by atoms with Crippen molar-refractivity contribution in [2.24, 2.45) is 11.8 Å². The Morgan fingerprint density at radius 1 is 1.12 bits per heavy atom. The third kappa shape index (κ3) is 3.31. The van der Waals surface area contributed by atoms with Crippen LogP contribution in [0, 0.1) is 11.8 Å². The summed E-state index contributed by atoms with van der Waals surface area (Å²) in [4.78, 5) is 31.0. The number of hydrogen-bond acceptors (Lipinski definition) is 3. The highest BCUT2D eigenvalue weighted by Crippen LogP contribution is 2.34. The van der Waals surface area contributed by atoms with Crippen LogP contribution in [0.2, 0.25) is 0 Å². The lowest BCUT2D eigenvalue weighted by molar-refractivity contribution is -0.141. The molecule has 1 aromatic rings. The van der Waals surface area contributed by atoms with Crippen LogP contribution in [0.25, 0.3) is 0 Å². The van der Waals surface area contributed by atoms with E-state index in [4.69, 9.17) is 0 Å². The molecule has 5 rings (SSSR count). The van der Waals surface area contributed by atoms with Gasteiger partial charge in [0.2, 0.25) is 5.91 Å². The van der Waals surface area contributed by atoms with Crippen molar-refractivity contribution in [3.8, 4) is 0 Å². The molecule has 1 aliphatic carbocycles. The van der Waals surface area contributed by atoms with Crippen molar-refractivity contribution in [3.05, 3.63) is 29.8 Å². The van der Waals surface area contributed by atoms with Crippen LogP contribution >= 0.6 is 11.8 Å². The molecule has 25 heavy (non-hydrogen) atoms. The van der Waals surface area contributed by atoms with E-state index >= 15 is 0 Å². The molecule has 1 aromatic carbocycles. The highest BCUT2D eigenvalue weighted by Gasteiger charge is 2.42. The highest BCUT2D eigenvalue weighted by atomic mass is 32.2. The molecule has 0 unspecified atom stereocenters. The number of nitrogens with zero attached hydrogens (tertiary/aromatic N) is 2. The summed E-state index contributed by atoms with van der Waals surface area (Å²) >= 11 is 1.68. The third-order valence-corrected chi connectivity index (χ3v) is 6.84. The standard InChI is InChI=1S/C20H26N2O2S/c1-25-18-9-6-15(7-10-18)19(23)21-12-16-5-8-17(13-21)22(20(16)24)11-14-3-2-4-14/h6-7,9-10,14,16-17H,2-5,8,11-13H2,1H3/t16-,17+/m0/s1. The number of fused-ring (bicyclic) bond motifs is 4. The fraction of sp³-hybridized carbons (Fsp3) is 0.600. The van der Waals surface area contributed by atoms with E-state index in [9.17, 15) is 9.59 Å². The molecule has 2 bridgehead atoms. The van der Waals surface area contributed by atoms with Crippen molar-refractivity contribution in [3.63, 3.8) is 0 Å². The van der Waals surface area contributed by atoms with Gasteiger partial charge in [-0.05, 0) is 62.1 Å². The van der Waals surface area contributed by atoms with Gasteiger partial charge in [0.1, 0.15) is 0 Å². The summed E-state index contributed by atoms with van der Waals surface area (Å²) in [6.45, 7) is 2.18. The number of hydrogen-bond donors (Lipinski definition) is 0. The molecule has 4 fully saturated rings. The van der Waals surface area contributed by atoms with Crippen molar-refractivity contribution >= 4 is 23.6 Å². The van der Waals surface area contributed by atoms with Crippen LogP contribution in [0.3, 0.4) is 0 Å².